The quantitative estimate of drug-likeness (QED) is 0.862. The van der Waals surface area contributed by atoms with Crippen molar-refractivity contribution in [3.8, 4) is 11.4 Å². The van der Waals surface area contributed by atoms with Crippen LogP contribution in [0.2, 0.25) is 0 Å². The fourth-order valence-corrected chi connectivity index (χ4v) is 2.38. The van der Waals surface area contributed by atoms with Crippen LogP contribution in [0.1, 0.15) is 16.8 Å². The van der Waals surface area contributed by atoms with Gasteiger partial charge in [-0.15, -0.1) is 0 Å². The number of rotatable bonds is 2. The van der Waals surface area contributed by atoms with Crippen LogP contribution >= 0.6 is 0 Å². The van der Waals surface area contributed by atoms with E-state index in [2.05, 4.69) is 46.8 Å². The van der Waals surface area contributed by atoms with E-state index in [1.165, 1.54) is 11.1 Å². The molecule has 2 aromatic rings. The maximum Gasteiger partial charge on any atom is 0.161 e. The van der Waals surface area contributed by atoms with Crippen LogP contribution in [-0.4, -0.2) is 23.6 Å². The number of nitrogens with one attached hydrogen (secondary N) is 2. The molecule has 0 atom stereocenters. The molecule has 3 rings (SSSR count). The van der Waals surface area contributed by atoms with Gasteiger partial charge in [-0.25, -0.2) is 9.97 Å². The van der Waals surface area contributed by atoms with Gasteiger partial charge < -0.3 is 10.6 Å². The molecule has 0 fully saturated rings. The van der Waals surface area contributed by atoms with Crippen LogP contribution in [-0.2, 0) is 13.0 Å². The zero-order valence-electron chi connectivity index (χ0n) is 11.3. The van der Waals surface area contributed by atoms with Gasteiger partial charge in [0.25, 0.3) is 0 Å². The molecule has 0 amide bonds. The molecule has 0 radical (unpaired) electrons. The number of aryl methyl sites for hydroxylation is 1. The smallest absolute Gasteiger partial charge is 0.161 e. The van der Waals surface area contributed by atoms with Crippen molar-refractivity contribution < 1.29 is 0 Å². The molecule has 0 saturated carbocycles. The van der Waals surface area contributed by atoms with Crippen molar-refractivity contribution in [3.05, 3.63) is 41.1 Å². The van der Waals surface area contributed by atoms with Gasteiger partial charge in [0.1, 0.15) is 5.82 Å². The maximum absolute atomic E-state index is 4.73. The Morgan fingerprint density at radius 3 is 2.68 bits per heavy atom. The van der Waals surface area contributed by atoms with Gasteiger partial charge in [0, 0.05) is 37.7 Å². The molecule has 1 aliphatic heterocycles. The highest BCUT2D eigenvalue weighted by atomic mass is 15.0. The summed E-state index contributed by atoms with van der Waals surface area (Å²) in [6, 6.07) is 8.35. The van der Waals surface area contributed by atoms with Crippen LogP contribution in [0, 0.1) is 6.92 Å². The molecule has 19 heavy (non-hydrogen) atoms. The van der Waals surface area contributed by atoms with Crippen molar-refractivity contribution in [3.63, 3.8) is 0 Å². The molecule has 4 nitrogen and oxygen atoms in total. The zero-order chi connectivity index (χ0) is 13.2. The summed E-state index contributed by atoms with van der Waals surface area (Å²) >= 11 is 0. The van der Waals surface area contributed by atoms with Crippen molar-refractivity contribution in [2.75, 3.05) is 18.9 Å². The van der Waals surface area contributed by atoms with Gasteiger partial charge in [0.2, 0.25) is 0 Å². The molecular weight excluding hydrogens is 236 g/mol. The van der Waals surface area contributed by atoms with Crippen LogP contribution < -0.4 is 10.6 Å². The molecule has 0 saturated heterocycles. The Hall–Kier alpha value is -1.94. The summed E-state index contributed by atoms with van der Waals surface area (Å²) in [5.74, 6) is 1.75. The average Bonchev–Trinajstić information content (AvgIpc) is 2.47. The van der Waals surface area contributed by atoms with E-state index >= 15 is 0 Å². The minimum absolute atomic E-state index is 0.810. The molecule has 1 aliphatic rings. The minimum atomic E-state index is 0.810. The second-order valence-electron chi connectivity index (χ2n) is 4.86. The second-order valence-corrected chi connectivity index (χ2v) is 4.86. The third-order valence-electron chi connectivity index (χ3n) is 3.48. The lowest BCUT2D eigenvalue weighted by atomic mass is 10.1. The number of anilines is 1. The summed E-state index contributed by atoms with van der Waals surface area (Å²) in [7, 11) is 1.91. The van der Waals surface area contributed by atoms with Gasteiger partial charge in [-0.1, -0.05) is 29.8 Å². The highest BCUT2D eigenvalue weighted by Gasteiger charge is 2.17. The van der Waals surface area contributed by atoms with Crippen LogP contribution in [0.3, 0.4) is 0 Å². The average molecular weight is 254 g/mol. The van der Waals surface area contributed by atoms with Crippen molar-refractivity contribution in [1.29, 1.82) is 0 Å². The van der Waals surface area contributed by atoms with Crippen molar-refractivity contribution in [2.45, 2.75) is 19.9 Å². The molecule has 98 valence electrons. The molecule has 2 N–H and O–H groups in total. The van der Waals surface area contributed by atoms with Crippen molar-refractivity contribution >= 4 is 5.82 Å². The maximum atomic E-state index is 4.73. The van der Waals surface area contributed by atoms with Crippen molar-refractivity contribution in [1.82, 2.24) is 15.3 Å². The van der Waals surface area contributed by atoms with E-state index in [0.29, 0.717) is 0 Å². The number of aromatic nitrogens is 2. The van der Waals surface area contributed by atoms with Crippen LogP contribution in [0.5, 0.6) is 0 Å². The standard InChI is InChI=1S/C15H18N4/c1-10-3-5-11(6-4-10)14-18-13-7-8-17-9-12(13)15(16-2)19-14/h3-6,17H,7-9H2,1-2H3,(H,16,18,19). The van der Waals surface area contributed by atoms with Crippen LogP contribution in [0.4, 0.5) is 5.82 Å². The highest BCUT2D eigenvalue weighted by Crippen LogP contribution is 2.24. The lowest BCUT2D eigenvalue weighted by molar-refractivity contribution is 0.628. The Balaban J connectivity index is 2.09. The second kappa shape index (κ2) is 4.97. The van der Waals surface area contributed by atoms with E-state index in [9.17, 15) is 0 Å². The minimum Gasteiger partial charge on any atom is -0.373 e. The van der Waals surface area contributed by atoms with E-state index in [0.717, 1.165) is 42.4 Å². The normalized spacial score (nSPS) is 14.0. The van der Waals surface area contributed by atoms with E-state index in [4.69, 9.17) is 4.98 Å². The number of nitrogens with zero attached hydrogens (tertiary/aromatic N) is 2. The summed E-state index contributed by atoms with van der Waals surface area (Å²) in [5.41, 5.74) is 4.68. The summed E-state index contributed by atoms with van der Waals surface area (Å²) in [6.07, 6.45) is 0.964. The SMILES string of the molecule is CNc1nc(-c2ccc(C)cc2)nc2c1CNCC2. The molecular formula is C15H18N4. The topological polar surface area (TPSA) is 49.8 Å². The van der Waals surface area contributed by atoms with Gasteiger partial charge >= 0.3 is 0 Å². The van der Waals surface area contributed by atoms with Gasteiger partial charge in [0.05, 0.1) is 5.69 Å². The zero-order valence-corrected chi connectivity index (χ0v) is 11.3. The van der Waals surface area contributed by atoms with Gasteiger partial charge in [0.15, 0.2) is 5.82 Å². The number of hydrogen-bond acceptors (Lipinski definition) is 4. The largest absolute Gasteiger partial charge is 0.373 e. The number of hydrogen-bond donors (Lipinski definition) is 2. The summed E-state index contributed by atoms with van der Waals surface area (Å²) in [5, 5.41) is 6.55. The fraction of sp³-hybridized carbons (Fsp3) is 0.333. The first-order valence-electron chi connectivity index (χ1n) is 6.63. The molecule has 0 spiro atoms. The van der Waals surface area contributed by atoms with Crippen LogP contribution in [0.15, 0.2) is 24.3 Å². The van der Waals surface area contributed by atoms with E-state index in [1.54, 1.807) is 0 Å². The molecule has 1 aromatic carbocycles. The first-order valence-corrected chi connectivity index (χ1v) is 6.63. The third-order valence-corrected chi connectivity index (χ3v) is 3.48. The van der Waals surface area contributed by atoms with Gasteiger partial charge in [-0.2, -0.15) is 0 Å². The van der Waals surface area contributed by atoms with Crippen molar-refractivity contribution in [2.24, 2.45) is 0 Å². The Morgan fingerprint density at radius 2 is 1.95 bits per heavy atom. The highest BCUT2D eigenvalue weighted by molar-refractivity contribution is 5.60. The Kier molecular flexibility index (Phi) is 3.17. The first kappa shape index (κ1) is 12.1. The predicted octanol–water partition coefficient (Wildman–Crippen LogP) is 2.14. The van der Waals surface area contributed by atoms with Crippen LogP contribution in [0.25, 0.3) is 11.4 Å². The molecule has 1 aromatic heterocycles. The number of benzene rings is 1. The Labute approximate surface area is 113 Å². The summed E-state index contributed by atoms with van der Waals surface area (Å²) in [6.45, 7) is 3.92. The van der Waals surface area contributed by atoms with E-state index in [1.807, 2.05) is 7.05 Å². The Bertz CT molecular complexity index is 573. The predicted molar refractivity (Wildman–Crippen MR) is 77.2 cm³/mol. The summed E-state index contributed by atoms with van der Waals surface area (Å²) < 4.78 is 0. The first-order chi connectivity index (χ1) is 9.28. The fourth-order valence-electron chi connectivity index (χ4n) is 2.38. The molecule has 0 unspecified atom stereocenters. The lowest BCUT2D eigenvalue weighted by Gasteiger charge is -2.19. The van der Waals surface area contributed by atoms with Gasteiger partial charge in [-0.05, 0) is 6.92 Å². The van der Waals surface area contributed by atoms with Gasteiger partial charge in [-0.3, -0.25) is 0 Å². The third kappa shape index (κ3) is 2.31. The van der Waals surface area contributed by atoms with E-state index < -0.39 is 0 Å². The lowest BCUT2D eigenvalue weighted by Crippen LogP contribution is -2.26. The monoisotopic (exact) mass is 254 g/mol. The molecule has 2 heterocycles. The molecule has 0 bridgehead atoms. The van der Waals surface area contributed by atoms with E-state index in [-0.39, 0.29) is 0 Å². The summed E-state index contributed by atoms with van der Waals surface area (Å²) in [4.78, 5) is 9.37. The Morgan fingerprint density at radius 1 is 1.16 bits per heavy atom. The number of fused-ring (bicyclic) bond motifs is 1. The molecule has 4 heteroatoms. The molecule has 0 aliphatic carbocycles.